The highest BCUT2D eigenvalue weighted by molar-refractivity contribution is 7.89. The second-order valence-electron chi connectivity index (χ2n) is 15.1. The molecule has 0 spiro atoms. The number of aliphatic hydroxyl groups excluding tert-OH is 2. The number of carbonyl (C=O) groups is 3. The molecule has 3 aliphatic rings. The van der Waals surface area contributed by atoms with Crippen molar-refractivity contribution < 1.29 is 33.0 Å². The van der Waals surface area contributed by atoms with Crippen molar-refractivity contribution in [1.82, 2.24) is 25.0 Å². The molecular formula is C35H65N5O7S. The summed E-state index contributed by atoms with van der Waals surface area (Å²) in [6.07, 6.45) is 10.3. The molecule has 0 aromatic carbocycles. The van der Waals surface area contributed by atoms with E-state index in [9.17, 15) is 33.0 Å². The maximum Gasteiger partial charge on any atom is 0.234 e. The number of aliphatic hydroxyl groups is 2. The first-order valence-corrected chi connectivity index (χ1v) is 20.1. The minimum atomic E-state index is -3.73. The molecule has 0 saturated heterocycles. The molecular weight excluding hydrogens is 634 g/mol. The first kappa shape index (κ1) is 40.6. The molecule has 0 heterocycles. The van der Waals surface area contributed by atoms with E-state index in [-0.39, 0.29) is 55.6 Å². The van der Waals surface area contributed by atoms with Crippen molar-refractivity contribution in [3.63, 3.8) is 0 Å². The molecule has 0 radical (unpaired) electrons. The van der Waals surface area contributed by atoms with Crippen LogP contribution in [0.5, 0.6) is 0 Å². The molecule has 3 rings (SSSR count). The molecule has 3 amide bonds. The summed E-state index contributed by atoms with van der Waals surface area (Å²) in [5.41, 5.74) is 2.90. The number of nitrogens with zero attached hydrogens (tertiary/aromatic N) is 3. The normalized spacial score (nSPS) is 27.0. The first-order chi connectivity index (χ1) is 22.7. The molecule has 12 nitrogen and oxygen atoms in total. The smallest absolute Gasteiger partial charge is 0.234 e. The van der Waals surface area contributed by atoms with Crippen LogP contribution in [0.2, 0.25) is 0 Å². The Bertz CT molecular complexity index is 1120. The molecule has 4 N–H and O–H groups in total. The van der Waals surface area contributed by atoms with E-state index in [0.29, 0.717) is 44.7 Å². The summed E-state index contributed by atoms with van der Waals surface area (Å²) in [4.78, 5) is 42.3. The highest BCUT2D eigenvalue weighted by Crippen LogP contribution is 2.36. The minimum Gasteiger partial charge on any atom is -0.393 e. The predicted octanol–water partition coefficient (Wildman–Crippen LogP) is 3.03. The van der Waals surface area contributed by atoms with Gasteiger partial charge < -0.3 is 20.4 Å². The van der Waals surface area contributed by atoms with Crippen molar-refractivity contribution in [2.45, 2.75) is 140 Å². The third-order valence-electron chi connectivity index (χ3n) is 10.8. The monoisotopic (exact) mass is 699 g/mol. The number of hydrogen-bond donors (Lipinski definition) is 4. The van der Waals surface area contributed by atoms with Crippen LogP contribution in [0.4, 0.5) is 0 Å². The second kappa shape index (κ2) is 19.6. The van der Waals surface area contributed by atoms with Gasteiger partial charge >= 0.3 is 0 Å². The number of amides is 3. The fourth-order valence-corrected chi connectivity index (χ4v) is 9.62. The summed E-state index contributed by atoms with van der Waals surface area (Å²) in [6, 6.07) is -0.646. The quantitative estimate of drug-likeness (QED) is 0.169. The Morgan fingerprint density at radius 3 is 2.02 bits per heavy atom. The first-order valence-electron chi connectivity index (χ1n) is 18.6. The number of sulfonamides is 1. The Hall–Kier alpha value is -1.80. The fourth-order valence-electron chi connectivity index (χ4n) is 8.07. The number of carbonyl (C=O) groups excluding carboxylic acids is 3. The standard InChI is InChI=1S/C35H65N5O7S/c1-6-17-40(18-7-2)35(45)28-21-27(22-30(23-28)48(46,47)38(3)4)34(44)36-31(19-26-13-15-29(41)16-14-26)32(42)24-39(5)37-33(43)20-25-11-9-8-10-12-25/h25-32,41-42H,6-24H2,1-5H3,(H,36,44)(H,37,43). The number of nitrogens with one attached hydrogen (secondary N) is 2. The molecule has 278 valence electrons. The van der Waals surface area contributed by atoms with Gasteiger partial charge in [-0.2, -0.15) is 0 Å². The molecule has 3 aliphatic carbocycles. The summed E-state index contributed by atoms with van der Waals surface area (Å²) in [7, 11) is 0.942. The Kier molecular flexibility index (Phi) is 16.6. The summed E-state index contributed by atoms with van der Waals surface area (Å²) in [5.74, 6) is -1.27. The van der Waals surface area contributed by atoms with Gasteiger partial charge in [-0.15, -0.1) is 0 Å². The number of hydrogen-bond acceptors (Lipinski definition) is 8. The highest BCUT2D eigenvalue weighted by Gasteiger charge is 2.44. The topological polar surface area (TPSA) is 160 Å². The lowest BCUT2D eigenvalue weighted by Crippen LogP contribution is -2.54. The van der Waals surface area contributed by atoms with Crippen molar-refractivity contribution in [1.29, 1.82) is 0 Å². The summed E-state index contributed by atoms with van der Waals surface area (Å²) < 4.78 is 27.9. The van der Waals surface area contributed by atoms with Crippen LogP contribution >= 0.6 is 0 Å². The van der Waals surface area contributed by atoms with Gasteiger partial charge in [-0.25, -0.2) is 17.7 Å². The lowest BCUT2D eigenvalue weighted by Gasteiger charge is -2.38. The Balaban J connectivity index is 1.76. The minimum absolute atomic E-state index is 0.0790. The summed E-state index contributed by atoms with van der Waals surface area (Å²) in [6.45, 7) is 5.28. The summed E-state index contributed by atoms with van der Waals surface area (Å²) in [5, 5.41) is 25.4. The number of hydrazine groups is 1. The van der Waals surface area contributed by atoms with Crippen LogP contribution < -0.4 is 10.7 Å². The Morgan fingerprint density at radius 2 is 1.44 bits per heavy atom. The third kappa shape index (κ3) is 12.2. The third-order valence-corrected chi connectivity index (χ3v) is 13.0. The van der Waals surface area contributed by atoms with Crippen LogP contribution in [0.25, 0.3) is 0 Å². The number of likely N-dealkylation sites (N-methyl/N-ethyl adjacent to an activating group) is 1. The van der Waals surface area contributed by atoms with Gasteiger partial charge in [-0.3, -0.25) is 19.8 Å². The van der Waals surface area contributed by atoms with E-state index in [4.69, 9.17) is 0 Å². The van der Waals surface area contributed by atoms with E-state index in [1.165, 1.54) is 24.8 Å². The molecule has 48 heavy (non-hydrogen) atoms. The van der Waals surface area contributed by atoms with E-state index < -0.39 is 39.3 Å². The highest BCUT2D eigenvalue weighted by atomic mass is 32.2. The molecule has 0 bridgehead atoms. The van der Waals surface area contributed by atoms with Crippen LogP contribution in [-0.4, -0.2) is 115 Å². The van der Waals surface area contributed by atoms with Crippen LogP contribution in [0, 0.1) is 23.7 Å². The molecule has 13 heteroatoms. The molecule has 0 aromatic heterocycles. The van der Waals surface area contributed by atoms with Crippen LogP contribution in [0.15, 0.2) is 0 Å². The Labute approximate surface area is 289 Å². The van der Waals surface area contributed by atoms with Crippen molar-refractivity contribution >= 4 is 27.7 Å². The van der Waals surface area contributed by atoms with E-state index in [2.05, 4.69) is 10.7 Å². The molecule has 5 unspecified atom stereocenters. The van der Waals surface area contributed by atoms with Gasteiger partial charge in [0.2, 0.25) is 27.7 Å². The van der Waals surface area contributed by atoms with Crippen molar-refractivity contribution in [3.05, 3.63) is 0 Å². The Morgan fingerprint density at radius 1 is 0.833 bits per heavy atom. The van der Waals surface area contributed by atoms with Gasteiger partial charge in [-0.1, -0.05) is 33.1 Å². The zero-order valence-corrected chi connectivity index (χ0v) is 31.1. The zero-order chi connectivity index (χ0) is 35.4. The van der Waals surface area contributed by atoms with Gasteiger partial charge in [0.25, 0.3) is 0 Å². The zero-order valence-electron chi connectivity index (χ0n) is 30.2. The van der Waals surface area contributed by atoms with Crippen LogP contribution in [0.3, 0.4) is 0 Å². The van der Waals surface area contributed by atoms with Gasteiger partial charge in [0.05, 0.1) is 23.5 Å². The predicted molar refractivity (Wildman–Crippen MR) is 187 cm³/mol. The van der Waals surface area contributed by atoms with Crippen LogP contribution in [0.1, 0.15) is 117 Å². The lowest BCUT2D eigenvalue weighted by molar-refractivity contribution is -0.138. The average molecular weight is 700 g/mol. The summed E-state index contributed by atoms with van der Waals surface area (Å²) >= 11 is 0. The van der Waals surface area contributed by atoms with E-state index in [0.717, 1.165) is 51.4 Å². The maximum atomic E-state index is 14.0. The van der Waals surface area contributed by atoms with E-state index in [1.54, 1.807) is 17.0 Å². The van der Waals surface area contributed by atoms with Crippen LogP contribution in [-0.2, 0) is 24.4 Å². The van der Waals surface area contributed by atoms with Crippen molar-refractivity contribution in [2.24, 2.45) is 23.7 Å². The number of rotatable bonds is 17. The van der Waals surface area contributed by atoms with Gasteiger partial charge in [0.1, 0.15) is 0 Å². The molecule has 3 fully saturated rings. The lowest BCUT2D eigenvalue weighted by atomic mass is 9.79. The molecule has 0 aromatic rings. The van der Waals surface area contributed by atoms with E-state index in [1.807, 2.05) is 13.8 Å². The van der Waals surface area contributed by atoms with Crippen molar-refractivity contribution in [3.8, 4) is 0 Å². The van der Waals surface area contributed by atoms with Gasteiger partial charge in [-0.05, 0) is 88.9 Å². The fraction of sp³-hybridized carbons (Fsp3) is 0.914. The average Bonchev–Trinajstić information content (AvgIpc) is 3.04. The van der Waals surface area contributed by atoms with Gasteiger partial charge in [0, 0.05) is 59.0 Å². The van der Waals surface area contributed by atoms with Gasteiger partial charge in [0.15, 0.2) is 0 Å². The molecule has 3 saturated carbocycles. The second-order valence-corrected chi connectivity index (χ2v) is 17.5. The molecule has 0 aliphatic heterocycles. The molecule has 5 atom stereocenters. The largest absolute Gasteiger partial charge is 0.393 e. The van der Waals surface area contributed by atoms with Crippen molar-refractivity contribution in [2.75, 3.05) is 40.8 Å². The maximum absolute atomic E-state index is 14.0. The SMILES string of the molecule is CCCN(CCC)C(=O)C1CC(C(=O)NC(CC2CCC(O)CC2)C(O)CN(C)NC(=O)CC2CCCCC2)CC(S(=O)(=O)N(C)C)C1. The van der Waals surface area contributed by atoms with E-state index >= 15 is 0 Å².